The van der Waals surface area contributed by atoms with Crippen molar-refractivity contribution in [2.45, 2.75) is 32.1 Å². The number of likely N-dealkylation sites (tertiary alicyclic amines) is 1. The molecule has 0 saturated carbocycles. The van der Waals surface area contributed by atoms with E-state index in [-0.39, 0.29) is 23.0 Å². The summed E-state index contributed by atoms with van der Waals surface area (Å²) in [6.45, 7) is 0.882. The Morgan fingerprint density at radius 2 is 1.61 bits per heavy atom. The first kappa shape index (κ1) is 14.6. The lowest BCUT2D eigenvalue weighted by molar-refractivity contribution is -0.881. The number of imide groups is 1. The molecule has 0 aromatic rings. The van der Waals surface area contributed by atoms with E-state index in [1.165, 1.54) is 0 Å². The molecule has 18 heavy (non-hydrogen) atoms. The summed E-state index contributed by atoms with van der Waals surface area (Å²) in [5, 5.41) is 19.8. The Kier molecular flexibility index (Phi) is 5.24. The molecule has 102 valence electrons. The summed E-state index contributed by atoms with van der Waals surface area (Å²) in [6.07, 6.45) is 2.76. The van der Waals surface area contributed by atoms with Gasteiger partial charge in [-0.3, -0.25) is 14.9 Å². The maximum absolute atomic E-state index is 10.7. The van der Waals surface area contributed by atoms with Gasteiger partial charge in [0.05, 0.1) is 13.1 Å². The molecule has 2 aliphatic heterocycles. The quantitative estimate of drug-likeness (QED) is 0.455. The largest absolute Gasteiger partial charge is 0.515 e. The first-order chi connectivity index (χ1) is 8.50. The topological polar surface area (TPSA) is 104 Å². The van der Waals surface area contributed by atoms with Gasteiger partial charge in [0.25, 0.3) is 0 Å². The molecule has 0 bridgehead atoms. The molecule has 2 fully saturated rings. The molecular weight excluding hydrogens is 240 g/mol. The molecule has 0 spiro atoms. The summed E-state index contributed by atoms with van der Waals surface area (Å²) in [7, 11) is 0. The van der Waals surface area contributed by atoms with E-state index in [1.54, 1.807) is 0 Å². The van der Waals surface area contributed by atoms with Crippen molar-refractivity contribution in [3.63, 3.8) is 0 Å². The van der Waals surface area contributed by atoms with Crippen molar-refractivity contribution >= 4 is 17.9 Å². The zero-order valence-corrected chi connectivity index (χ0v) is 10.2. The van der Waals surface area contributed by atoms with E-state index in [9.17, 15) is 14.4 Å². The fraction of sp³-hybridized carbons (Fsp3) is 0.727. The third-order valence-electron chi connectivity index (χ3n) is 3.21. The number of piperidine rings is 1. The third-order valence-corrected chi connectivity index (χ3v) is 3.21. The number of carboxylic acid groups (broad SMARTS) is 1. The van der Waals surface area contributed by atoms with Gasteiger partial charge in [-0.25, -0.2) is 4.48 Å². The van der Waals surface area contributed by atoms with E-state index in [0.717, 1.165) is 19.3 Å². The number of quaternary nitrogens is 1. The maximum atomic E-state index is 10.7. The Balaban J connectivity index is 0.000000199. The van der Waals surface area contributed by atoms with Crippen LogP contribution in [0.4, 0.5) is 4.79 Å². The molecule has 0 radical (unpaired) electrons. The van der Waals surface area contributed by atoms with Crippen LogP contribution in [0.3, 0.4) is 0 Å². The molecule has 7 nitrogen and oxygen atoms in total. The summed E-state index contributed by atoms with van der Waals surface area (Å²) < 4.78 is -0.153. The minimum Gasteiger partial charge on any atom is -0.435 e. The van der Waals surface area contributed by atoms with Gasteiger partial charge < -0.3 is 10.2 Å². The second-order valence-corrected chi connectivity index (χ2v) is 4.55. The van der Waals surface area contributed by atoms with Gasteiger partial charge in [0.1, 0.15) is 0 Å². The lowest BCUT2D eigenvalue weighted by Crippen LogP contribution is -2.55. The number of aliphatic hydroxyl groups excluding tert-OH is 1. The van der Waals surface area contributed by atoms with Crippen LogP contribution in [-0.2, 0) is 9.59 Å². The predicted molar refractivity (Wildman–Crippen MR) is 61.3 cm³/mol. The van der Waals surface area contributed by atoms with Crippen molar-refractivity contribution in [1.29, 1.82) is 0 Å². The number of nitrogens with one attached hydrogen (secondary N) is 1. The summed E-state index contributed by atoms with van der Waals surface area (Å²) in [4.78, 5) is 31.0. The van der Waals surface area contributed by atoms with Crippen LogP contribution < -0.4 is 5.32 Å². The van der Waals surface area contributed by atoms with Gasteiger partial charge in [-0.1, -0.05) is 0 Å². The van der Waals surface area contributed by atoms with Crippen LogP contribution in [0.25, 0.3) is 0 Å². The number of hydrogen-bond acceptors (Lipinski definition) is 4. The van der Waals surface area contributed by atoms with Crippen molar-refractivity contribution in [2.24, 2.45) is 0 Å². The van der Waals surface area contributed by atoms with Gasteiger partial charge in [0.15, 0.2) is 6.73 Å². The molecule has 2 rings (SSSR count). The van der Waals surface area contributed by atoms with Crippen LogP contribution in [0.2, 0.25) is 0 Å². The van der Waals surface area contributed by atoms with Gasteiger partial charge >= 0.3 is 6.09 Å². The Morgan fingerprint density at radius 3 is 1.83 bits per heavy atom. The van der Waals surface area contributed by atoms with Crippen LogP contribution >= 0.6 is 0 Å². The van der Waals surface area contributed by atoms with Crippen LogP contribution in [0.1, 0.15) is 32.1 Å². The van der Waals surface area contributed by atoms with Crippen LogP contribution in [-0.4, -0.2) is 52.4 Å². The standard InChI is InChI=1S/C7H13NO3.C4H5NO2/c9-6-8(7(10)11)4-2-1-3-5-8;6-3-1-2-4(7)5-3/h9H,1-6H2;1-2H2,(H,5,6,7)/p+1. The van der Waals surface area contributed by atoms with Gasteiger partial charge in [-0.2, -0.15) is 4.79 Å². The lowest BCUT2D eigenvalue weighted by atomic mass is 10.1. The normalized spacial score (nSPS) is 21.8. The van der Waals surface area contributed by atoms with Gasteiger partial charge in [-0.05, 0) is 19.3 Å². The highest BCUT2D eigenvalue weighted by Gasteiger charge is 2.37. The van der Waals surface area contributed by atoms with Crippen LogP contribution in [0, 0.1) is 0 Å². The molecule has 0 atom stereocenters. The van der Waals surface area contributed by atoms with Crippen molar-refractivity contribution < 1.29 is 29.1 Å². The summed E-state index contributed by atoms with van der Waals surface area (Å²) in [5.41, 5.74) is 0. The minimum absolute atomic E-state index is 0.148. The average molecular weight is 259 g/mol. The van der Waals surface area contributed by atoms with E-state index in [0.29, 0.717) is 25.9 Å². The monoisotopic (exact) mass is 259 g/mol. The molecule has 0 aromatic carbocycles. The average Bonchev–Trinajstić information content (AvgIpc) is 2.74. The molecule has 3 N–H and O–H groups in total. The Bertz CT molecular complexity index is 322. The smallest absolute Gasteiger partial charge is 0.435 e. The van der Waals surface area contributed by atoms with Gasteiger partial charge in [0, 0.05) is 12.8 Å². The number of nitrogens with zero attached hydrogens (tertiary/aromatic N) is 1. The first-order valence-electron chi connectivity index (χ1n) is 6.03. The molecule has 2 aliphatic rings. The highest BCUT2D eigenvalue weighted by Crippen LogP contribution is 2.17. The van der Waals surface area contributed by atoms with Crippen molar-refractivity contribution in [2.75, 3.05) is 19.8 Å². The fourth-order valence-corrected chi connectivity index (χ4v) is 2.02. The summed E-state index contributed by atoms with van der Waals surface area (Å²) >= 11 is 0. The molecule has 7 heteroatoms. The zero-order chi connectivity index (χ0) is 13.6. The van der Waals surface area contributed by atoms with Crippen LogP contribution in [0.15, 0.2) is 0 Å². The Hall–Kier alpha value is -1.47. The minimum atomic E-state index is -0.896. The zero-order valence-electron chi connectivity index (χ0n) is 10.2. The molecular formula is C11H19N2O5+. The SMILES string of the molecule is O=C(O)[N+]1(CO)CCCCC1.O=C1CCC(=O)N1. The fourth-order valence-electron chi connectivity index (χ4n) is 2.02. The van der Waals surface area contributed by atoms with E-state index >= 15 is 0 Å². The Morgan fingerprint density at radius 1 is 1.11 bits per heavy atom. The van der Waals surface area contributed by atoms with E-state index in [2.05, 4.69) is 5.32 Å². The molecule has 0 aromatic heterocycles. The van der Waals surface area contributed by atoms with Crippen molar-refractivity contribution in [3.05, 3.63) is 0 Å². The predicted octanol–water partition coefficient (Wildman–Crippen LogP) is 0.0379. The molecule has 3 amide bonds. The van der Waals surface area contributed by atoms with Crippen molar-refractivity contribution in [3.8, 4) is 0 Å². The number of carbonyl (C=O) groups is 3. The molecule has 2 saturated heterocycles. The van der Waals surface area contributed by atoms with Gasteiger partial charge in [0.2, 0.25) is 11.8 Å². The van der Waals surface area contributed by atoms with Gasteiger partial charge in [-0.15, -0.1) is 0 Å². The maximum Gasteiger partial charge on any atom is 0.515 e. The van der Waals surface area contributed by atoms with E-state index < -0.39 is 6.09 Å². The summed E-state index contributed by atoms with van der Waals surface area (Å²) in [5.74, 6) is -0.296. The van der Waals surface area contributed by atoms with Crippen LogP contribution in [0.5, 0.6) is 0 Å². The second kappa shape index (κ2) is 6.46. The highest BCUT2D eigenvalue weighted by atomic mass is 16.4. The number of hydrogen-bond donors (Lipinski definition) is 3. The first-order valence-corrected chi connectivity index (χ1v) is 6.03. The molecule has 0 unspecified atom stereocenters. The highest BCUT2D eigenvalue weighted by molar-refractivity contribution is 6.01. The lowest BCUT2D eigenvalue weighted by Gasteiger charge is -2.33. The van der Waals surface area contributed by atoms with Crippen molar-refractivity contribution in [1.82, 2.24) is 5.32 Å². The molecule has 2 heterocycles. The van der Waals surface area contributed by atoms with E-state index in [4.69, 9.17) is 10.2 Å². The third kappa shape index (κ3) is 3.78. The Labute approximate surface area is 105 Å². The second-order valence-electron chi connectivity index (χ2n) is 4.55. The van der Waals surface area contributed by atoms with E-state index in [1.807, 2.05) is 0 Å². The summed E-state index contributed by atoms with van der Waals surface area (Å²) in [6, 6.07) is 0. The number of rotatable bonds is 1. The number of carbonyl (C=O) groups excluding carboxylic acids is 2. The molecule has 0 aliphatic carbocycles. The number of aliphatic hydroxyl groups is 1. The number of amides is 3.